The first-order valence-electron chi connectivity index (χ1n) is 6.13. The lowest BCUT2D eigenvalue weighted by Gasteiger charge is -2.20. The molecule has 0 aliphatic carbocycles. The van der Waals surface area contributed by atoms with Crippen LogP contribution in [0.3, 0.4) is 0 Å². The van der Waals surface area contributed by atoms with Gasteiger partial charge in [0.05, 0.1) is 0 Å². The molecule has 0 saturated heterocycles. The molecule has 2 rings (SSSR count). The molecule has 1 aromatic carbocycles. The van der Waals surface area contributed by atoms with Gasteiger partial charge in [-0.1, -0.05) is 44.5 Å². The Kier molecular flexibility index (Phi) is 3.76. The van der Waals surface area contributed by atoms with Gasteiger partial charge in [-0.2, -0.15) is 0 Å². The van der Waals surface area contributed by atoms with E-state index >= 15 is 0 Å². The second-order valence-electron chi connectivity index (χ2n) is 5.48. The van der Waals surface area contributed by atoms with Gasteiger partial charge in [-0.25, -0.2) is 9.97 Å². The first kappa shape index (κ1) is 13.8. The van der Waals surface area contributed by atoms with Crippen molar-refractivity contribution < 1.29 is 4.74 Å². The zero-order valence-corrected chi connectivity index (χ0v) is 12.3. The van der Waals surface area contributed by atoms with Crippen LogP contribution in [-0.4, -0.2) is 9.97 Å². The van der Waals surface area contributed by atoms with Gasteiger partial charge in [-0.05, 0) is 29.5 Å². The summed E-state index contributed by atoms with van der Waals surface area (Å²) in [4.78, 5) is 8.01. The Morgan fingerprint density at radius 2 is 1.79 bits per heavy atom. The van der Waals surface area contributed by atoms with Crippen LogP contribution in [0.2, 0.25) is 5.15 Å². The minimum atomic E-state index is 0.119. The van der Waals surface area contributed by atoms with Crippen molar-refractivity contribution in [3.63, 3.8) is 0 Å². The van der Waals surface area contributed by atoms with E-state index in [0.717, 1.165) is 11.3 Å². The fourth-order valence-corrected chi connectivity index (χ4v) is 1.86. The fraction of sp³-hybridized carbons (Fsp3) is 0.333. The Morgan fingerprint density at radius 3 is 2.37 bits per heavy atom. The second kappa shape index (κ2) is 5.17. The SMILES string of the molecule is Cc1cc(C(C)(C)C)ccc1Oc1nccnc1Cl. The van der Waals surface area contributed by atoms with Crippen LogP contribution in [0.4, 0.5) is 0 Å². The number of aryl methyl sites for hydroxylation is 1. The number of aromatic nitrogens is 2. The summed E-state index contributed by atoms with van der Waals surface area (Å²) in [5, 5.41) is 0.266. The molecule has 0 N–H and O–H groups in total. The fourth-order valence-electron chi connectivity index (χ4n) is 1.71. The van der Waals surface area contributed by atoms with Crippen molar-refractivity contribution in [3.8, 4) is 11.6 Å². The molecule has 0 unspecified atom stereocenters. The molecule has 0 spiro atoms. The van der Waals surface area contributed by atoms with Crippen LogP contribution in [0.1, 0.15) is 31.9 Å². The van der Waals surface area contributed by atoms with Gasteiger partial charge in [-0.15, -0.1) is 0 Å². The average Bonchev–Trinajstić information content (AvgIpc) is 2.33. The minimum Gasteiger partial charge on any atom is -0.436 e. The Hall–Kier alpha value is -1.61. The maximum Gasteiger partial charge on any atom is 0.257 e. The van der Waals surface area contributed by atoms with Gasteiger partial charge in [0, 0.05) is 12.4 Å². The van der Waals surface area contributed by atoms with Crippen LogP contribution in [0.15, 0.2) is 30.6 Å². The summed E-state index contributed by atoms with van der Waals surface area (Å²) < 4.78 is 5.70. The third-order valence-corrected chi connectivity index (χ3v) is 3.13. The maximum atomic E-state index is 5.93. The number of benzene rings is 1. The first-order chi connectivity index (χ1) is 8.88. The molecule has 100 valence electrons. The van der Waals surface area contributed by atoms with Crippen LogP contribution in [0.5, 0.6) is 11.6 Å². The van der Waals surface area contributed by atoms with Crippen LogP contribution >= 0.6 is 11.6 Å². The van der Waals surface area contributed by atoms with Crippen LogP contribution in [0, 0.1) is 6.92 Å². The standard InChI is InChI=1S/C15H17ClN2O/c1-10-9-11(15(2,3)4)5-6-12(10)19-14-13(16)17-7-8-18-14/h5-9H,1-4H3. The predicted molar refractivity (Wildman–Crippen MR) is 77.0 cm³/mol. The predicted octanol–water partition coefficient (Wildman–Crippen LogP) is 4.53. The Labute approximate surface area is 118 Å². The molecule has 4 heteroatoms. The molecule has 19 heavy (non-hydrogen) atoms. The molecular weight excluding hydrogens is 260 g/mol. The highest BCUT2D eigenvalue weighted by Gasteiger charge is 2.15. The molecule has 3 nitrogen and oxygen atoms in total. The summed E-state index contributed by atoms with van der Waals surface area (Å²) in [6, 6.07) is 6.13. The number of ether oxygens (including phenoxy) is 1. The molecule has 0 radical (unpaired) electrons. The molecule has 0 amide bonds. The monoisotopic (exact) mass is 276 g/mol. The van der Waals surface area contributed by atoms with E-state index < -0.39 is 0 Å². The minimum absolute atomic E-state index is 0.119. The van der Waals surface area contributed by atoms with E-state index in [-0.39, 0.29) is 10.6 Å². The van der Waals surface area contributed by atoms with Gasteiger partial charge in [0.15, 0.2) is 5.15 Å². The van der Waals surface area contributed by atoms with Crippen molar-refractivity contribution in [1.82, 2.24) is 9.97 Å². The Morgan fingerprint density at radius 1 is 1.11 bits per heavy atom. The summed E-state index contributed by atoms with van der Waals surface area (Å²) in [6.45, 7) is 8.56. The highest BCUT2D eigenvalue weighted by atomic mass is 35.5. The van der Waals surface area contributed by atoms with Crippen molar-refractivity contribution >= 4 is 11.6 Å². The average molecular weight is 277 g/mol. The molecule has 0 aliphatic rings. The first-order valence-corrected chi connectivity index (χ1v) is 6.51. The van der Waals surface area contributed by atoms with E-state index in [2.05, 4.69) is 42.9 Å². The second-order valence-corrected chi connectivity index (χ2v) is 5.84. The largest absolute Gasteiger partial charge is 0.436 e. The molecule has 2 aromatic rings. The summed E-state index contributed by atoms with van der Waals surface area (Å²) in [5.41, 5.74) is 2.43. The van der Waals surface area contributed by atoms with E-state index in [9.17, 15) is 0 Å². The summed E-state index contributed by atoms with van der Waals surface area (Å²) in [7, 11) is 0. The molecule has 0 fully saturated rings. The van der Waals surface area contributed by atoms with Crippen molar-refractivity contribution in [1.29, 1.82) is 0 Å². The highest BCUT2D eigenvalue weighted by molar-refractivity contribution is 6.30. The van der Waals surface area contributed by atoms with E-state index in [4.69, 9.17) is 16.3 Å². The smallest absolute Gasteiger partial charge is 0.257 e. The molecule has 0 atom stereocenters. The van der Waals surface area contributed by atoms with Gasteiger partial charge >= 0.3 is 0 Å². The molecular formula is C15H17ClN2O. The van der Waals surface area contributed by atoms with Gasteiger partial charge in [0.2, 0.25) is 0 Å². The van der Waals surface area contributed by atoms with Crippen molar-refractivity contribution in [2.75, 3.05) is 0 Å². The van der Waals surface area contributed by atoms with Gasteiger partial charge in [0.25, 0.3) is 5.88 Å². The molecule has 1 heterocycles. The molecule has 0 bridgehead atoms. The molecule has 0 aliphatic heterocycles. The molecule has 0 saturated carbocycles. The lowest BCUT2D eigenvalue weighted by Crippen LogP contribution is -2.11. The van der Waals surface area contributed by atoms with E-state index in [1.165, 1.54) is 11.8 Å². The third-order valence-electron chi connectivity index (χ3n) is 2.87. The number of halogens is 1. The third kappa shape index (κ3) is 3.24. The number of hydrogen-bond donors (Lipinski definition) is 0. The van der Waals surface area contributed by atoms with Crippen molar-refractivity contribution in [3.05, 3.63) is 46.9 Å². The summed E-state index contributed by atoms with van der Waals surface area (Å²) >= 11 is 5.93. The Bertz CT molecular complexity index is 591. The lowest BCUT2D eigenvalue weighted by molar-refractivity contribution is 0.456. The topological polar surface area (TPSA) is 35.0 Å². The van der Waals surface area contributed by atoms with Crippen LogP contribution < -0.4 is 4.74 Å². The van der Waals surface area contributed by atoms with Gasteiger partial charge in [-0.3, -0.25) is 0 Å². The lowest BCUT2D eigenvalue weighted by atomic mass is 9.86. The van der Waals surface area contributed by atoms with Gasteiger partial charge in [0.1, 0.15) is 5.75 Å². The van der Waals surface area contributed by atoms with Crippen molar-refractivity contribution in [2.45, 2.75) is 33.1 Å². The van der Waals surface area contributed by atoms with Gasteiger partial charge < -0.3 is 4.74 Å². The van der Waals surface area contributed by atoms with E-state index in [0.29, 0.717) is 5.88 Å². The quantitative estimate of drug-likeness (QED) is 0.808. The number of nitrogens with zero attached hydrogens (tertiary/aromatic N) is 2. The van der Waals surface area contributed by atoms with E-state index in [1.54, 1.807) is 6.20 Å². The van der Waals surface area contributed by atoms with E-state index in [1.807, 2.05) is 13.0 Å². The maximum absolute atomic E-state index is 5.93. The molecule has 1 aromatic heterocycles. The zero-order valence-electron chi connectivity index (χ0n) is 11.6. The van der Waals surface area contributed by atoms with Crippen LogP contribution in [-0.2, 0) is 5.41 Å². The summed E-state index contributed by atoms with van der Waals surface area (Å²) in [5.74, 6) is 1.08. The Balaban J connectivity index is 2.30. The van der Waals surface area contributed by atoms with Crippen LogP contribution in [0.25, 0.3) is 0 Å². The zero-order chi connectivity index (χ0) is 14.0. The summed E-state index contributed by atoms with van der Waals surface area (Å²) in [6.07, 6.45) is 3.09. The number of hydrogen-bond acceptors (Lipinski definition) is 3. The van der Waals surface area contributed by atoms with Crippen molar-refractivity contribution in [2.24, 2.45) is 0 Å². The normalized spacial score (nSPS) is 11.4. The number of rotatable bonds is 2. The highest BCUT2D eigenvalue weighted by Crippen LogP contribution is 2.31.